The SMILES string of the molecule is O=C(Nc1ccc(C2CCC2)cn1)N1CCC(O)(C2CCC2)CC1. The van der Waals surface area contributed by atoms with E-state index in [-0.39, 0.29) is 6.03 Å². The van der Waals surface area contributed by atoms with E-state index < -0.39 is 5.60 Å². The second-order valence-corrected chi connectivity index (χ2v) is 7.75. The Bertz CT molecular complexity index is 585. The van der Waals surface area contributed by atoms with Gasteiger partial charge in [-0.1, -0.05) is 18.9 Å². The van der Waals surface area contributed by atoms with E-state index in [4.69, 9.17) is 0 Å². The number of hydrogen-bond acceptors (Lipinski definition) is 3. The molecule has 0 aromatic carbocycles. The number of rotatable bonds is 3. The lowest BCUT2D eigenvalue weighted by molar-refractivity contribution is -0.0845. The highest BCUT2D eigenvalue weighted by Gasteiger charge is 2.42. The Labute approximate surface area is 143 Å². The fourth-order valence-corrected chi connectivity index (χ4v) is 4.10. The van der Waals surface area contributed by atoms with Crippen molar-refractivity contribution < 1.29 is 9.90 Å². The molecule has 2 saturated carbocycles. The highest BCUT2D eigenvalue weighted by molar-refractivity contribution is 5.88. The fourth-order valence-electron chi connectivity index (χ4n) is 4.10. The van der Waals surface area contributed by atoms with Gasteiger partial charge >= 0.3 is 6.03 Å². The van der Waals surface area contributed by atoms with Gasteiger partial charge in [-0.05, 0) is 62.0 Å². The average molecular weight is 329 g/mol. The van der Waals surface area contributed by atoms with Crippen LogP contribution in [0.3, 0.4) is 0 Å². The van der Waals surface area contributed by atoms with E-state index >= 15 is 0 Å². The quantitative estimate of drug-likeness (QED) is 0.892. The molecule has 2 amide bonds. The van der Waals surface area contributed by atoms with E-state index in [0.717, 1.165) is 12.8 Å². The van der Waals surface area contributed by atoms with Crippen molar-refractivity contribution in [2.45, 2.75) is 62.9 Å². The van der Waals surface area contributed by atoms with Crippen molar-refractivity contribution in [1.29, 1.82) is 0 Å². The first-order chi connectivity index (χ1) is 11.6. The number of carbonyl (C=O) groups excluding carboxylic acids is 1. The van der Waals surface area contributed by atoms with Crippen molar-refractivity contribution >= 4 is 11.8 Å². The number of aromatic nitrogens is 1. The van der Waals surface area contributed by atoms with Crippen molar-refractivity contribution in [3.8, 4) is 0 Å². The summed E-state index contributed by atoms with van der Waals surface area (Å²) in [6, 6.07) is 3.88. The smallest absolute Gasteiger partial charge is 0.323 e. The molecule has 2 aliphatic carbocycles. The van der Waals surface area contributed by atoms with Crippen molar-refractivity contribution in [1.82, 2.24) is 9.88 Å². The molecule has 4 rings (SSSR count). The third-order valence-corrected chi connectivity index (χ3v) is 6.38. The van der Waals surface area contributed by atoms with E-state index in [1.165, 1.54) is 31.2 Å². The van der Waals surface area contributed by atoms with Gasteiger partial charge in [-0.2, -0.15) is 0 Å². The number of amides is 2. The van der Waals surface area contributed by atoms with E-state index in [2.05, 4.69) is 16.4 Å². The number of hydrogen-bond donors (Lipinski definition) is 2. The van der Waals surface area contributed by atoms with Gasteiger partial charge in [0.05, 0.1) is 5.60 Å². The number of pyridine rings is 1. The summed E-state index contributed by atoms with van der Waals surface area (Å²) < 4.78 is 0. The molecule has 2 heterocycles. The topological polar surface area (TPSA) is 65.5 Å². The summed E-state index contributed by atoms with van der Waals surface area (Å²) in [4.78, 5) is 18.6. The largest absolute Gasteiger partial charge is 0.389 e. The molecule has 2 N–H and O–H groups in total. The van der Waals surface area contributed by atoms with Crippen molar-refractivity contribution in [3.05, 3.63) is 23.9 Å². The predicted molar refractivity (Wildman–Crippen MR) is 92.9 cm³/mol. The lowest BCUT2D eigenvalue weighted by Gasteiger charge is -2.46. The van der Waals surface area contributed by atoms with Gasteiger partial charge in [0.15, 0.2) is 0 Å². The summed E-state index contributed by atoms with van der Waals surface area (Å²) in [6.07, 6.45) is 10.6. The molecule has 1 aliphatic heterocycles. The van der Waals surface area contributed by atoms with Crippen LogP contribution in [0.4, 0.5) is 10.6 Å². The van der Waals surface area contributed by atoms with E-state index in [0.29, 0.717) is 43.6 Å². The Morgan fingerprint density at radius 3 is 2.38 bits per heavy atom. The average Bonchev–Trinajstić information content (AvgIpc) is 2.46. The number of nitrogens with one attached hydrogen (secondary N) is 1. The van der Waals surface area contributed by atoms with Gasteiger partial charge in [0.2, 0.25) is 0 Å². The molecule has 0 bridgehead atoms. The number of carbonyl (C=O) groups is 1. The van der Waals surface area contributed by atoms with Crippen molar-refractivity contribution in [2.75, 3.05) is 18.4 Å². The monoisotopic (exact) mass is 329 g/mol. The second-order valence-electron chi connectivity index (χ2n) is 7.75. The molecule has 0 radical (unpaired) electrons. The molecule has 1 saturated heterocycles. The predicted octanol–water partition coefficient (Wildman–Crippen LogP) is 3.51. The van der Waals surface area contributed by atoms with Crippen LogP contribution in [-0.4, -0.2) is 39.7 Å². The minimum Gasteiger partial charge on any atom is -0.389 e. The maximum atomic E-state index is 12.4. The van der Waals surface area contributed by atoms with Crippen LogP contribution in [0.2, 0.25) is 0 Å². The number of anilines is 1. The van der Waals surface area contributed by atoms with Crippen molar-refractivity contribution in [2.24, 2.45) is 5.92 Å². The van der Waals surface area contributed by atoms with Crippen molar-refractivity contribution in [3.63, 3.8) is 0 Å². The number of nitrogens with zero attached hydrogens (tertiary/aromatic N) is 2. The third-order valence-electron chi connectivity index (χ3n) is 6.38. The standard InChI is InChI=1S/C19H27N3O2/c23-18(21-17-8-7-15(13-20-17)14-3-1-4-14)22-11-9-19(24,10-12-22)16-5-2-6-16/h7-8,13-14,16,24H,1-6,9-12H2,(H,20,21,23). The molecule has 0 atom stereocenters. The minimum absolute atomic E-state index is 0.102. The fraction of sp³-hybridized carbons (Fsp3) is 0.684. The van der Waals surface area contributed by atoms with Gasteiger partial charge in [0, 0.05) is 19.3 Å². The molecular formula is C19H27N3O2. The first kappa shape index (κ1) is 15.9. The van der Waals surface area contributed by atoms with Crippen LogP contribution >= 0.6 is 0 Å². The van der Waals surface area contributed by atoms with Crippen LogP contribution in [0.5, 0.6) is 0 Å². The summed E-state index contributed by atoms with van der Waals surface area (Å²) in [7, 11) is 0. The molecule has 0 unspecified atom stereocenters. The molecule has 0 spiro atoms. The highest BCUT2D eigenvalue weighted by Crippen LogP contribution is 2.42. The van der Waals surface area contributed by atoms with Gasteiger partial charge in [0.1, 0.15) is 5.82 Å². The molecule has 24 heavy (non-hydrogen) atoms. The van der Waals surface area contributed by atoms with Gasteiger partial charge in [-0.25, -0.2) is 9.78 Å². The zero-order chi connectivity index (χ0) is 16.6. The Balaban J connectivity index is 1.30. The Morgan fingerprint density at radius 1 is 1.17 bits per heavy atom. The van der Waals surface area contributed by atoms with E-state index in [1.807, 2.05) is 12.3 Å². The maximum absolute atomic E-state index is 12.4. The van der Waals surface area contributed by atoms with Crippen LogP contribution in [0.15, 0.2) is 18.3 Å². The summed E-state index contributed by atoms with van der Waals surface area (Å²) in [5, 5.41) is 13.6. The lowest BCUT2D eigenvalue weighted by atomic mass is 9.69. The molecule has 1 aromatic heterocycles. The Kier molecular flexibility index (Phi) is 4.21. The van der Waals surface area contributed by atoms with Crippen LogP contribution in [-0.2, 0) is 0 Å². The molecule has 3 aliphatic rings. The number of aliphatic hydroxyl groups is 1. The van der Waals surface area contributed by atoms with E-state index in [1.54, 1.807) is 4.90 Å². The second kappa shape index (κ2) is 6.36. The molecule has 5 nitrogen and oxygen atoms in total. The highest BCUT2D eigenvalue weighted by atomic mass is 16.3. The lowest BCUT2D eigenvalue weighted by Crippen LogP contribution is -2.52. The first-order valence-corrected chi connectivity index (χ1v) is 9.38. The Hall–Kier alpha value is -1.62. The minimum atomic E-state index is -0.544. The van der Waals surface area contributed by atoms with Gasteiger partial charge < -0.3 is 10.0 Å². The molecule has 130 valence electrons. The number of likely N-dealkylation sites (tertiary alicyclic amines) is 1. The number of urea groups is 1. The molecular weight excluding hydrogens is 302 g/mol. The number of piperidine rings is 1. The third kappa shape index (κ3) is 3.02. The first-order valence-electron chi connectivity index (χ1n) is 9.38. The zero-order valence-corrected chi connectivity index (χ0v) is 14.2. The Morgan fingerprint density at radius 2 is 1.88 bits per heavy atom. The van der Waals surface area contributed by atoms with Crippen LogP contribution in [0.1, 0.15) is 62.8 Å². The summed E-state index contributed by atoms with van der Waals surface area (Å²) in [6.45, 7) is 1.25. The van der Waals surface area contributed by atoms with E-state index in [9.17, 15) is 9.90 Å². The molecule has 3 fully saturated rings. The summed E-state index contributed by atoms with van der Waals surface area (Å²) >= 11 is 0. The molecule has 1 aromatic rings. The maximum Gasteiger partial charge on any atom is 0.323 e. The summed E-state index contributed by atoms with van der Waals surface area (Å²) in [5.41, 5.74) is 0.736. The van der Waals surface area contributed by atoms with Gasteiger partial charge in [-0.15, -0.1) is 0 Å². The van der Waals surface area contributed by atoms with Gasteiger partial charge in [-0.3, -0.25) is 5.32 Å². The van der Waals surface area contributed by atoms with Gasteiger partial charge in [0.25, 0.3) is 0 Å². The van der Waals surface area contributed by atoms with Crippen LogP contribution < -0.4 is 5.32 Å². The zero-order valence-electron chi connectivity index (χ0n) is 14.2. The normalized spacial score (nSPS) is 24.1. The van der Waals surface area contributed by atoms with Crippen LogP contribution in [0, 0.1) is 5.92 Å². The van der Waals surface area contributed by atoms with Crippen LogP contribution in [0.25, 0.3) is 0 Å². The summed E-state index contributed by atoms with van der Waals surface area (Å²) in [5.74, 6) is 1.72. The molecule has 5 heteroatoms.